The highest BCUT2D eigenvalue weighted by molar-refractivity contribution is 6.99. The van der Waals surface area contributed by atoms with Crippen molar-refractivity contribution in [3.8, 4) is 0 Å². The molecule has 0 saturated carbocycles. The molecule has 0 fully saturated rings. The van der Waals surface area contributed by atoms with Crippen molar-refractivity contribution in [1.29, 1.82) is 0 Å². The summed E-state index contributed by atoms with van der Waals surface area (Å²) in [5.74, 6) is 0. The number of aromatic nitrogens is 2. The molecule has 0 atom stereocenters. The predicted octanol–water partition coefficient (Wildman–Crippen LogP) is 2.10. The van der Waals surface area contributed by atoms with Crippen LogP contribution in [-0.4, -0.2) is 16.6 Å². The summed E-state index contributed by atoms with van der Waals surface area (Å²) in [5.41, 5.74) is 3.09. The standard InChI is InChI=1S/C8H9BN2S/c1-4-5(2)7-8(6(3)9)11-12-10-7/h4H,3H2,1-2H3/b5-4-. The van der Waals surface area contributed by atoms with E-state index in [1.165, 1.54) is 0 Å². The molecule has 0 N–H and O–H groups in total. The summed E-state index contributed by atoms with van der Waals surface area (Å²) in [6.45, 7) is 7.56. The molecule has 0 saturated heterocycles. The minimum atomic E-state index is 0.472. The summed E-state index contributed by atoms with van der Waals surface area (Å²) in [6.07, 6.45) is 1.98. The van der Waals surface area contributed by atoms with Crippen LogP contribution in [0.5, 0.6) is 0 Å². The maximum absolute atomic E-state index is 5.53. The normalized spacial score (nSPS) is 11.7. The van der Waals surface area contributed by atoms with Gasteiger partial charge in [0.2, 0.25) is 0 Å². The molecular weight excluding hydrogens is 167 g/mol. The van der Waals surface area contributed by atoms with Crippen molar-refractivity contribution in [2.45, 2.75) is 13.8 Å². The second kappa shape index (κ2) is 3.67. The van der Waals surface area contributed by atoms with Crippen molar-refractivity contribution in [1.82, 2.24) is 8.75 Å². The number of nitrogens with zero attached hydrogens (tertiary/aromatic N) is 2. The van der Waals surface area contributed by atoms with Crippen molar-refractivity contribution in [3.05, 3.63) is 24.0 Å². The SMILES string of the molecule is [B]C(=C)c1nsnc1/C(C)=C\C. The molecule has 1 aromatic heterocycles. The maximum atomic E-state index is 5.53. The van der Waals surface area contributed by atoms with E-state index in [0.717, 1.165) is 23.0 Å². The highest BCUT2D eigenvalue weighted by Gasteiger charge is 2.08. The zero-order chi connectivity index (χ0) is 9.14. The van der Waals surface area contributed by atoms with E-state index in [9.17, 15) is 0 Å². The summed E-state index contributed by atoms with van der Waals surface area (Å²) in [6, 6.07) is 0. The average molecular weight is 176 g/mol. The third-order valence-corrected chi connectivity index (χ3v) is 2.13. The summed E-state index contributed by atoms with van der Waals surface area (Å²) < 4.78 is 8.18. The van der Waals surface area contributed by atoms with Gasteiger partial charge in [-0.2, -0.15) is 8.75 Å². The van der Waals surface area contributed by atoms with Crippen LogP contribution in [0.1, 0.15) is 25.2 Å². The fourth-order valence-corrected chi connectivity index (χ4v) is 1.43. The Kier molecular flexibility index (Phi) is 2.81. The van der Waals surface area contributed by atoms with Crippen LogP contribution in [0.25, 0.3) is 11.0 Å². The third-order valence-electron chi connectivity index (χ3n) is 1.60. The van der Waals surface area contributed by atoms with Crippen LogP contribution in [-0.2, 0) is 0 Å². The predicted molar refractivity (Wildman–Crippen MR) is 54.0 cm³/mol. The molecule has 12 heavy (non-hydrogen) atoms. The van der Waals surface area contributed by atoms with E-state index in [0.29, 0.717) is 11.2 Å². The first kappa shape index (κ1) is 9.19. The van der Waals surface area contributed by atoms with Crippen LogP contribution < -0.4 is 0 Å². The largest absolute Gasteiger partial charge is 0.174 e. The van der Waals surface area contributed by atoms with Gasteiger partial charge in [-0.15, -0.1) is 6.58 Å². The van der Waals surface area contributed by atoms with Gasteiger partial charge in [0.15, 0.2) is 0 Å². The number of allylic oxidation sites excluding steroid dienone is 2. The van der Waals surface area contributed by atoms with Crippen LogP contribution in [0.4, 0.5) is 0 Å². The van der Waals surface area contributed by atoms with Gasteiger partial charge in [0, 0.05) is 0 Å². The molecule has 60 valence electrons. The first-order chi connectivity index (χ1) is 5.66. The Bertz CT molecular complexity index is 328. The van der Waals surface area contributed by atoms with Crippen LogP contribution >= 0.6 is 11.7 Å². The zero-order valence-corrected chi connectivity index (χ0v) is 7.98. The van der Waals surface area contributed by atoms with Crippen molar-refractivity contribution in [2.24, 2.45) is 0 Å². The van der Waals surface area contributed by atoms with Crippen molar-refractivity contribution >= 4 is 30.6 Å². The Balaban J connectivity index is 3.16. The number of rotatable bonds is 2. The fraction of sp³-hybridized carbons (Fsp3) is 0.250. The van der Waals surface area contributed by atoms with E-state index < -0.39 is 0 Å². The molecular formula is C8H9BN2S. The number of hydrogen-bond acceptors (Lipinski definition) is 3. The molecule has 0 aliphatic carbocycles. The topological polar surface area (TPSA) is 25.8 Å². The summed E-state index contributed by atoms with van der Waals surface area (Å²) in [7, 11) is 5.53. The van der Waals surface area contributed by atoms with E-state index in [4.69, 9.17) is 7.85 Å². The minimum Gasteiger partial charge on any atom is -0.174 e. The molecule has 0 aliphatic heterocycles. The highest BCUT2D eigenvalue weighted by Crippen LogP contribution is 2.20. The van der Waals surface area contributed by atoms with Crippen LogP contribution in [0.3, 0.4) is 0 Å². The van der Waals surface area contributed by atoms with Gasteiger partial charge in [-0.05, 0) is 19.4 Å². The molecule has 0 amide bonds. The Morgan fingerprint density at radius 3 is 2.58 bits per heavy atom. The highest BCUT2D eigenvalue weighted by atomic mass is 32.1. The smallest absolute Gasteiger partial charge is 0.116 e. The van der Waals surface area contributed by atoms with Crippen LogP contribution in [0, 0.1) is 0 Å². The average Bonchev–Trinajstić information content (AvgIpc) is 2.50. The molecule has 1 heterocycles. The van der Waals surface area contributed by atoms with Crippen LogP contribution in [0.2, 0.25) is 0 Å². The van der Waals surface area contributed by atoms with Crippen LogP contribution in [0.15, 0.2) is 12.7 Å². The van der Waals surface area contributed by atoms with Gasteiger partial charge in [0.25, 0.3) is 0 Å². The Morgan fingerprint density at radius 1 is 1.50 bits per heavy atom. The molecule has 2 nitrogen and oxygen atoms in total. The van der Waals surface area contributed by atoms with Crippen molar-refractivity contribution in [3.63, 3.8) is 0 Å². The van der Waals surface area contributed by atoms with E-state index in [1.807, 2.05) is 19.9 Å². The molecule has 0 bridgehead atoms. The second-order valence-corrected chi connectivity index (χ2v) is 2.99. The molecule has 0 spiro atoms. The lowest BCUT2D eigenvalue weighted by Gasteiger charge is -1.98. The molecule has 1 rings (SSSR count). The summed E-state index contributed by atoms with van der Waals surface area (Å²) in [5, 5.41) is 0. The van der Waals surface area contributed by atoms with Gasteiger partial charge >= 0.3 is 0 Å². The third kappa shape index (κ3) is 1.64. The van der Waals surface area contributed by atoms with Gasteiger partial charge in [-0.25, -0.2) is 0 Å². The molecule has 0 unspecified atom stereocenters. The van der Waals surface area contributed by atoms with Crippen molar-refractivity contribution in [2.75, 3.05) is 0 Å². The minimum absolute atomic E-state index is 0.472. The Morgan fingerprint density at radius 2 is 2.08 bits per heavy atom. The van der Waals surface area contributed by atoms with Gasteiger partial charge in [-0.1, -0.05) is 11.5 Å². The lowest BCUT2D eigenvalue weighted by molar-refractivity contribution is 1.37. The second-order valence-electron chi connectivity index (χ2n) is 2.46. The summed E-state index contributed by atoms with van der Waals surface area (Å²) >= 11 is 1.16. The van der Waals surface area contributed by atoms with E-state index in [1.54, 1.807) is 0 Å². The fourth-order valence-electron chi connectivity index (χ4n) is 0.795. The monoisotopic (exact) mass is 176 g/mol. The number of hydrogen-bond donors (Lipinski definition) is 0. The first-order valence-corrected chi connectivity index (χ1v) is 4.30. The van der Waals surface area contributed by atoms with E-state index in [-0.39, 0.29) is 0 Å². The lowest BCUT2D eigenvalue weighted by atomic mass is 9.92. The van der Waals surface area contributed by atoms with Gasteiger partial charge in [-0.3, -0.25) is 0 Å². The molecule has 1 aromatic rings. The quantitative estimate of drug-likeness (QED) is 0.644. The van der Waals surface area contributed by atoms with E-state index in [2.05, 4.69) is 15.3 Å². The molecule has 4 heteroatoms. The van der Waals surface area contributed by atoms with Gasteiger partial charge in [0.1, 0.15) is 13.5 Å². The van der Waals surface area contributed by atoms with Crippen molar-refractivity contribution < 1.29 is 0 Å². The molecule has 2 radical (unpaired) electrons. The Labute approximate surface area is 77.8 Å². The maximum Gasteiger partial charge on any atom is 0.116 e. The van der Waals surface area contributed by atoms with E-state index >= 15 is 0 Å². The lowest BCUT2D eigenvalue weighted by Crippen LogP contribution is -1.88. The van der Waals surface area contributed by atoms with Gasteiger partial charge < -0.3 is 0 Å². The molecule has 0 aliphatic rings. The summed E-state index contributed by atoms with van der Waals surface area (Å²) in [4.78, 5) is 0. The molecule has 0 aromatic carbocycles. The zero-order valence-electron chi connectivity index (χ0n) is 7.16. The Hall–Kier alpha value is -0.895. The first-order valence-electron chi connectivity index (χ1n) is 3.57. The van der Waals surface area contributed by atoms with Gasteiger partial charge in [0.05, 0.1) is 17.4 Å².